The van der Waals surface area contributed by atoms with Gasteiger partial charge >= 0.3 is 0 Å². The number of aromatic amines is 1. The number of amides is 1. The number of aromatic nitrogens is 1. The maximum Gasteiger partial charge on any atom is 0.260 e. The molecule has 3 aromatic rings. The molecule has 0 radical (unpaired) electrons. The molecular formula is C23H26N2O2. The van der Waals surface area contributed by atoms with E-state index < -0.39 is 0 Å². The molecule has 1 aromatic heterocycles. The van der Waals surface area contributed by atoms with Crippen LogP contribution in [0.3, 0.4) is 0 Å². The van der Waals surface area contributed by atoms with Crippen LogP contribution < -0.4 is 4.74 Å². The second-order valence-electron chi connectivity index (χ2n) is 7.50. The van der Waals surface area contributed by atoms with E-state index >= 15 is 0 Å². The number of aryl methyl sites for hydroxylation is 2. The van der Waals surface area contributed by atoms with Crippen LogP contribution in [-0.4, -0.2) is 35.5 Å². The molecule has 1 aliphatic heterocycles. The van der Waals surface area contributed by atoms with Gasteiger partial charge in [-0.15, -0.1) is 0 Å². The highest BCUT2D eigenvalue weighted by molar-refractivity contribution is 5.83. The monoisotopic (exact) mass is 362 g/mol. The number of benzene rings is 2. The Morgan fingerprint density at radius 2 is 1.93 bits per heavy atom. The lowest BCUT2D eigenvalue weighted by molar-refractivity contribution is -0.134. The molecule has 4 nitrogen and oxygen atoms in total. The van der Waals surface area contributed by atoms with Gasteiger partial charge in [0.15, 0.2) is 6.61 Å². The molecule has 0 saturated carbocycles. The summed E-state index contributed by atoms with van der Waals surface area (Å²) in [5.74, 6) is 1.38. The van der Waals surface area contributed by atoms with Crippen molar-refractivity contribution in [2.24, 2.45) is 0 Å². The number of hydrogen-bond acceptors (Lipinski definition) is 2. The largest absolute Gasteiger partial charge is 0.484 e. The minimum absolute atomic E-state index is 0.0763. The lowest BCUT2D eigenvalue weighted by Gasteiger charge is -2.32. The first kappa shape index (κ1) is 17.7. The maximum absolute atomic E-state index is 12.5. The van der Waals surface area contributed by atoms with Gasteiger partial charge < -0.3 is 14.6 Å². The molecule has 1 saturated heterocycles. The number of ether oxygens (including phenoxy) is 1. The molecule has 0 atom stereocenters. The third kappa shape index (κ3) is 3.70. The van der Waals surface area contributed by atoms with Crippen molar-refractivity contribution in [3.8, 4) is 5.75 Å². The number of carbonyl (C=O) groups excluding carboxylic acids is 1. The second-order valence-corrected chi connectivity index (χ2v) is 7.50. The number of carbonyl (C=O) groups is 1. The first-order valence-electron chi connectivity index (χ1n) is 9.65. The first-order valence-corrected chi connectivity index (χ1v) is 9.65. The molecular weight excluding hydrogens is 336 g/mol. The fourth-order valence-corrected chi connectivity index (χ4v) is 4.06. The van der Waals surface area contributed by atoms with Gasteiger partial charge in [-0.2, -0.15) is 0 Å². The van der Waals surface area contributed by atoms with Crippen LogP contribution in [0.4, 0.5) is 0 Å². The van der Waals surface area contributed by atoms with Crippen molar-refractivity contribution in [3.05, 3.63) is 65.4 Å². The fourth-order valence-electron chi connectivity index (χ4n) is 4.06. The Morgan fingerprint density at radius 1 is 1.15 bits per heavy atom. The molecule has 1 N–H and O–H groups in total. The number of fused-ring (bicyclic) bond motifs is 1. The van der Waals surface area contributed by atoms with Crippen molar-refractivity contribution in [2.75, 3.05) is 19.7 Å². The van der Waals surface area contributed by atoms with Gasteiger partial charge in [0.2, 0.25) is 0 Å². The summed E-state index contributed by atoms with van der Waals surface area (Å²) in [4.78, 5) is 17.9. The van der Waals surface area contributed by atoms with E-state index in [-0.39, 0.29) is 12.5 Å². The zero-order valence-electron chi connectivity index (χ0n) is 16.0. The summed E-state index contributed by atoms with van der Waals surface area (Å²) >= 11 is 0. The molecule has 27 heavy (non-hydrogen) atoms. The Bertz CT molecular complexity index is 952. The standard InChI is InChI=1S/C23H26N2O2/c1-16-7-8-22(17(2)13-16)27-15-23(26)25-11-9-18(10-12-25)20-14-24-21-6-4-3-5-19(20)21/h3-8,13-14,18,24H,9-12,15H2,1-2H3. The van der Waals surface area contributed by atoms with E-state index in [0.717, 1.165) is 37.2 Å². The van der Waals surface area contributed by atoms with Gasteiger partial charge in [0.25, 0.3) is 5.91 Å². The van der Waals surface area contributed by atoms with E-state index in [9.17, 15) is 4.79 Å². The smallest absolute Gasteiger partial charge is 0.260 e. The van der Waals surface area contributed by atoms with Crippen molar-refractivity contribution < 1.29 is 9.53 Å². The molecule has 2 aromatic carbocycles. The molecule has 4 heteroatoms. The zero-order chi connectivity index (χ0) is 18.8. The highest BCUT2D eigenvalue weighted by atomic mass is 16.5. The number of para-hydroxylation sites is 1. The van der Waals surface area contributed by atoms with Crippen LogP contribution in [0.1, 0.15) is 35.4 Å². The van der Waals surface area contributed by atoms with Crippen LogP contribution in [-0.2, 0) is 4.79 Å². The van der Waals surface area contributed by atoms with Crippen LogP contribution in [0, 0.1) is 13.8 Å². The Kier molecular flexibility index (Phi) is 4.88. The number of nitrogens with zero attached hydrogens (tertiary/aromatic N) is 1. The Morgan fingerprint density at radius 3 is 2.70 bits per heavy atom. The van der Waals surface area contributed by atoms with Crippen molar-refractivity contribution in [1.29, 1.82) is 0 Å². The summed E-state index contributed by atoms with van der Waals surface area (Å²) in [7, 11) is 0. The van der Waals surface area contributed by atoms with E-state index in [4.69, 9.17) is 4.74 Å². The van der Waals surface area contributed by atoms with Gasteiger partial charge in [-0.1, -0.05) is 35.9 Å². The average molecular weight is 362 g/mol. The molecule has 0 spiro atoms. The van der Waals surface area contributed by atoms with Crippen LogP contribution in [0.2, 0.25) is 0 Å². The van der Waals surface area contributed by atoms with Crippen LogP contribution in [0.25, 0.3) is 10.9 Å². The fraction of sp³-hybridized carbons (Fsp3) is 0.348. The summed E-state index contributed by atoms with van der Waals surface area (Å²) in [5, 5.41) is 1.31. The van der Waals surface area contributed by atoms with Crippen molar-refractivity contribution in [1.82, 2.24) is 9.88 Å². The van der Waals surface area contributed by atoms with E-state index in [1.54, 1.807) is 0 Å². The minimum atomic E-state index is 0.0763. The number of hydrogen-bond donors (Lipinski definition) is 1. The quantitative estimate of drug-likeness (QED) is 0.739. The van der Waals surface area contributed by atoms with Gasteiger partial charge in [0.05, 0.1) is 0 Å². The predicted octanol–water partition coefficient (Wildman–Crippen LogP) is 4.57. The zero-order valence-corrected chi connectivity index (χ0v) is 16.0. The van der Waals surface area contributed by atoms with E-state index in [2.05, 4.69) is 48.4 Å². The summed E-state index contributed by atoms with van der Waals surface area (Å²) in [6.07, 6.45) is 4.13. The third-order valence-electron chi connectivity index (χ3n) is 5.59. The van der Waals surface area contributed by atoms with Crippen LogP contribution in [0.5, 0.6) is 5.75 Å². The van der Waals surface area contributed by atoms with Crippen LogP contribution in [0.15, 0.2) is 48.7 Å². The van der Waals surface area contributed by atoms with Crippen molar-refractivity contribution in [3.63, 3.8) is 0 Å². The van der Waals surface area contributed by atoms with Crippen molar-refractivity contribution >= 4 is 16.8 Å². The molecule has 140 valence electrons. The molecule has 0 bridgehead atoms. The molecule has 1 aliphatic rings. The van der Waals surface area contributed by atoms with Gasteiger partial charge in [-0.05, 0) is 55.9 Å². The number of piperidine rings is 1. The second kappa shape index (κ2) is 7.47. The topological polar surface area (TPSA) is 45.3 Å². The first-order chi connectivity index (χ1) is 13.1. The highest BCUT2D eigenvalue weighted by Gasteiger charge is 2.25. The highest BCUT2D eigenvalue weighted by Crippen LogP contribution is 2.33. The summed E-state index contributed by atoms with van der Waals surface area (Å²) in [6, 6.07) is 14.5. The van der Waals surface area contributed by atoms with E-state index in [0.29, 0.717) is 5.92 Å². The Balaban J connectivity index is 1.34. The lowest BCUT2D eigenvalue weighted by Crippen LogP contribution is -2.40. The van der Waals surface area contributed by atoms with Crippen LogP contribution >= 0.6 is 0 Å². The van der Waals surface area contributed by atoms with E-state index in [1.807, 2.05) is 24.0 Å². The molecule has 2 heterocycles. The molecule has 0 aliphatic carbocycles. The maximum atomic E-state index is 12.5. The third-order valence-corrected chi connectivity index (χ3v) is 5.59. The number of rotatable bonds is 4. The Hall–Kier alpha value is -2.75. The van der Waals surface area contributed by atoms with Gasteiger partial charge in [-0.3, -0.25) is 4.79 Å². The number of H-pyrrole nitrogens is 1. The van der Waals surface area contributed by atoms with Gasteiger partial charge in [0.1, 0.15) is 5.75 Å². The molecule has 4 rings (SSSR count). The molecule has 1 amide bonds. The average Bonchev–Trinajstić information content (AvgIpc) is 3.11. The SMILES string of the molecule is Cc1ccc(OCC(=O)N2CCC(c3c[nH]c4ccccc34)CC2)c(C)c1. The number of likely N-dealkylation sites (tertiary alicyclic amines) is 1. The normalized spacial score (nSPS) is 15.3. The summed E-state index contributed by atoms with van der Waals surface area (Å²) in [5.41, 5.74) is 4.84. The molecule has 1 fully saturated rings. The minimum Gasteiger partial charge on any atom is -0.484 e. The lowest BCUT2D eigenvalue weighted by atomic mass is 9.89. The predicted molar refractivity (Wildman–Crippen MR) is 108 cm³/mol. The Labute approximate surface area is 160 Å². The molecule has 0 unspecified atom stereocenters. The van der Waals surface area contributed by atoms with Crippen molar-refractivity contribution in [2.45, 2.75) is 32.6 Å². The summed E-state index contributed by atoms with van der Waals surface area (Å²) in [6.45, 7) is 5.76. The van der Waals surface area contributed by atoms with Gasteiger partial charge in [-0.25, -0.2) is 0 Å². The van der Waals surface area contributed by atoms with Gasteiger partial charge in [0, 0.05) is 30.2 Å². The summed E-state index contributed by atoms with van der Waals surface area (Å²) < 4.78 is 5.77. The van der Waals surface area contributed by atoms with E-state index in [1.165, 1.54) is 22.0 Å². The number of nitrogens with one attached hydrogen (secondary N) is 1.